The van der Waals surface area contributed by atoms with E-state index in [1.165, 1.54) is 16.7 Å². The summed E-state index contributed by atoms with van der Waals surface area (Å²) in [4.78, 5) is 4.78. The van der Waals surface area contributed by atoms with Gasteiger partial charge in [-0.05, 0) is 28.8 Å². The highest BCUT2D eigenvalue weighted by Gasteiger charge is 2.21. The van der Waals surface area contributed by atoms with Crippen molar-refractivity contribution < 1.29 is 19.3 Å². The maximum absolute atomic E-state index is 10.6. The number of piperazine rings is 1. The van der Waals surface area contributed by atoms with Crippen molar-refractivity contribution in [2.45, 2.75) is 18.6 Å². The van der Waals surface area contributed by atoms with Crippen molar-refractivity contribution in [1.29, 1.82) is 0 Å². The number of hydrogen-bond donors (Lipinski definition) is 1. The Balaban J connectivity index is 1.05. The van der Waals surface area contributed by atoms with Crippen molar-refractivity contribution in [3.05, 3.63) is 95.6 Å². The number of nitrogens with zero attached hydrogens (tertiary/aromatic N) is 2. The summed E-state index contributed by atoms with van der Waals surface area (Å²) < 4.78 is 16.9. The Bertz CT molecular complexity index is 1020. The van der Waals surface area contributed by atoms with Gasteiger partial charge >= 0.3 is 0 Å². The zero-order valence-electron chi connectivity index (χ0n) is 20.1. The molecule has 1 atom stereocenters. The van der Waals surface area contributed by atoms with Crippen molar-refractivity contribution in [2.75, 3.05) is 52.7 Å². The molecule has 0 bridgehead atoms. The molecule has 0 spiro atoms. The van der Waals surface area contributed by atoms with Gasteiger partial charge in [0.05, 0.1) is 19.3 Å². The first-order chi connectivity index (χ1) is 17.2. The van der Waals surface area contributed by atoms with Crippen molar-refractivity contribution in [1.82, 2.24) is 9.80 Å². The molecule has 0 radical (unpaired) electrons. The molecule has 6 heteroatoms. The van der Waals surface area contributed by atoms with Gasteiger partial charge in [-0.25, -0.2) is 0 Å². The number of β-amino-alcohol motifs (C(OH)–C–C–N with tert-alkyl or cyclic N) is 1. The minimum Gasteiger partial charge on any atom is -0.454 e. The minimum atomic E-state index is -0.498. The molecule has 2 heterocycles. The topological polar surface area (TPSA) is 54.4 Å². The van der Waals surface area contributed by atoms with E-state index in [1.54, 1.807) is 0 Å². The van der Waals surface area contributed by atoms with Crippen molar-refractivity contribution >= 4 is 0 Å². The van der Waals surface area contributed by atoms with Crippen LogP contribution in [-0.2, 0) is 11.3 Å². The second kappa shape index (κ2) is 11.7. The van der Waals surface area contributed by atoms with E-state index in [0.717, 1.165) is 44.2 Å². The van der Waals surface area contributed by atoms with Gasteiger partial charge in [-0.1, -0.05) is 66.7 Å². The van der Waals surface area contributed by atoms with Crippen LogP contribution in [0, 0.1) is 0 Å². The number of benzene rings is 3. The van der Waals surface area contributed by atoms with E-state index in [2.05, 4.69) is 70.5 Å². The Kier molecular flexibility index (Phi) is 7.96. The van der Waals surface area contributed by atoms with Crippen LogP contribution in [0.1, 0.15) is 22.6 Å². The van der Waals surface area contributed by atoms with Crippen LogP contribution in [0.25, 0.3) is 0 Å². The summed E-state index contributed by atoms with van der Waals surface area (Å²) >= 11 is 0. The summed E-state index contributed by atoms with van der Waals surface area (Å²) in [5.41, 5.74) is 3.70. The summed E-state index contributed by atoms with van der Waals surface area (Å²) in [6.45, 7) is 6.58. The Hall–Kier alpha value is -2.90. The molecule has 35 heavy (non-hydrogen) atoms. The van der Waals surface area contributed by atoms with E-state index in [1.807, 2.05) is 18.2 Å². The van der Waals surface area contributed by atoms with Gasteiger partial charge < -0.3 is 19.3 Å². The maximum Gasteiger partial charge on any atom is 0.231 e. The molecule has 0 saturated carbocycles. The molecule has 1 saturated heterocycles. The Morgan fingerprint density at radius 2 is 1.37 bits per heavy atom. The largest absolute Gasteiger partial charge is 0.454 e. The first-order valence-electron chi connectivity index (χ1n) is 12.4. The van der Waals surface area contributed by atoms with Gasteiger partial charge in [0.2, 0.25) is 6.79 Å². The number of rotatable bonds is 10. The lowest BCUT2D eigenvalue weighted by molar-refractivity contribution is 0.00469. The predicted molar refractivity (Wildman–Crippen MR) is 136 cm³/mol. The summed E-state index contributed by atoms with van der Waals surface area (Å²) in [5, 5.41) is 10.6. The van der Waals surface area contributed by atoms with Gasteiger partial charge in [0.1, 0.15) is 0 Å². The maximum atomic E-state index is 10.6. The number of aliphatic hydroxyl groups is 1. The second-order valence-electron chi connectivity index (χ2n) is 9.33. The quantitative estimate of drug-likeness (QED) is 0.483. The standard InChI is InChI=1S/C29H34N2O4/c32-26(20-33-21-27(24-7-3-1-4-8-24)25-9-5-2-6-10-25)19-31-15-13-30(14-16-31)18-23-11-12-28-29(17-23)35-22-34-28/h1-12,17,26-27,32H,13-16,18-22H2/t26-/m1/s1. The normalized spacial score (nSPS) is 17.1. The Morgan fingerprint density at radius 1 is 0.743 bits per heavy atom. The van der Waals surface area contributed by atoms with Crippen LogP contribution in [0.5, 0.6) is 11.5 Å². The molecule has 2 aliphatic rings. The molecular formula is C29H34N2O4. The zero-order chi connectivity index (χ0) is 23.9. The second-order valence-corrected chi connectivity index (χ2v) is 9.33. The lowest BCUT2D eigenvalue weighted by Crippen LogP contribution is -2.48. The third-order valence-electron chi connectivity index (χ3n) is 6.78. The highest BCUT2D eigenvalue weighted by atomic mass is 16.7. The molecule has 0 unspecified atom stereocenters. The van der Waals surface area contributed by atoms with Crippen LogP contribution < -0.4 is 9.47 Å². The van der Waals surface area contributed by atoms with E-state index in [4.69, 9.17) is 14.2 Å². The summed E-state index contributed by atoms with van der Waals surface area (Å²) in [6.07, 6.45) is -0.498. The number of ether oxygens (including phenoxy) is 3. The molecule has 5 rings (SSSR count). The number of aliphatic hydroxyl groups excluding tert-OH is 1. The van der Waals surface area contributed by atoms with Gasteiger partial charge in [-0.2, -0.15) is 0 Å². The third-order valence-corrected chi connectivity index (χ3v) is 6.78. The molecule has 1 N–H and O–H groups in total. The lowest BCUT2D eigenvalue weighted by atomic mass is 9.92. The Labute approximate surface area is 207 Å². The van der Waals surface area contributed by atoms with Crippen LogP contribution in [0.4, 0.5) is 0 Å². The fourth-order valence-corrected chi connectivity index (χ4v) is 4.86. The fraction of sp³-hybridized carbons (Fsp3) is 0.379. The van der Waals surface area contributed by atoms with Gasteiger partial charge in [-0.15, -0.1) is 0 Å². The van der Waals surface area contributed by atoms with Crippen LogP contribution in [0.3, 0.4) is 0 Å². The van der Waals surface area contributed by atoms with Gasteiger partial charge in [-0.3, -0.25) is 9.80 Å². The molecule has 3 aromatic carbocycles. The molecule has 0 amide bonds. The van der Waals surface area contributed by atoms with E-state index >= 15 is 0 Å². The predicted octanol–water partition coefficient (Wildman–Crippen LogP) is 3.74. The monoisotopic (exact) mass is 474 g/mol. The van der Waals surface area contributed by atoms with Gasteiger partial charge in [0.15, 0.2) is 11.5 Å². The first-order valence-corrected chi connectivity index (χ1v) is 12.4. The smallest absolute Gasteiger partial charge is 0.231 e. The van der Waals surface area contributed by atoms with Crippen LogP contribution in [0.15, 0.2) is 78.9 Å². The molecule has 6 nitrogen and oxygen atoms in total. The molecule has 184 valence electrons. The average molecular weight is 475 g/mol. The third kappa shape index (κ3) is 6.41. The minimum absolute atomic E-state index is 0.157. The van der Waals surface area contributed by atoms with Gasteiger partial charge in [0.25, 0.3) is 0 Å². The van der Waals surface area contributed by atoms with Crippen molar-refractivity contribution in [3.8, 4) is 11.5 Å². The first kappa shape index (κ1) is 23.8. The molecule has 0 aromatic heterocycles. The van der Waals surface area contributed by atoms with Gasteiger partial charge in [0, 0.05) is 45.2 Å². The number of hydrogen-bond acceptors (Lipinski definition) is 6. The SMILES string of the molecule is O[C@@H](COCC(c1ccccc1)c1ccccc1)CN1CCN(Cc2ccc3c(c2)OCO3)CC1. The molecular weight excluding hydrogens is 440 g/mol. The highest BCUT2D eigenvalue weighted by Crippen LogP contribution is 2.33. The summed E-state index contributed by atoms with van der Waals surface area (Å²) in [5.74, 6) is 1.82. The van der Waals surface area contributed by atoms with E-state index in [-0.39, 0.29) is 5.92 Å². The molecule has 1 fully saturated rings. The van der Waals surface area contributed by atoms with E-state index in [9.17, 15) is 5.11 Å². The van der Waals surface area contributed by atoms with Crippen LogP contribution in [0.2, 0.25) is 0 Å². The Morgan fingerprint density at radius 3 is 2.06 bits per heavy atom. The molecule has 0 aliphatic carbocycles. The van der Waals surface area contributed by atoms with Crippen molar-refractivity contribution in [3.63, 3.8) is 0 Å². The van der Waals surface area contributed by atoms with E-state index < -0.39 is 6.10 Å². The van der Waals surface area contributed by atoms with Crippen LogP contribution >= 0.6 is 0 Å². The lowest BCUT2D eigenvalue weighted by Gasteiger charge is -2.35. The molecule has 3 aromatic rings. The fourth-order valence-electron chi connectivity index (χ4n) is 4.86. The number of fused-ring (bicyclic) bond motifs is 1. The van der Waals surface area contributed by atoms with E-state index in [0.29, 0.717) is 26.6 Å². The average Bonchev–Trinajstić information content (AvgIpc) is 3.37. The molecule has 2 aliphatic heterocycles. The van der Waals surface area contributed by atoms with Crippen LogP contribution in [-0.4, -0.2) is 73.7 Å². The highest BCUT2D eigenvalue weighted by molar-refractivity contribution is 5.44. The zero-order valence-corrected chi connectivity index (χ0v) is 20.1. The summed E-state index contributed by atoms with van der Waals surface area (Å²) in [6, 6.07) is 27.0. The van der Waals surface area contributed by atoms with Crippen molar-refractivity contribution in [2.24, 2.45) is 0 Å². The summed E-state index contributed by atoms with van der Waals surface area (Å²) in [7, 11) is 0.